The van der Waals surface area contributed by atoms with E-state index in [1.807, 2.05) is 30.9 Å². The Labute approximate surface area is 449 Å². The maximum absolute atomic E-state index is 12.0. The summed E-state index contributed by atoms with van der Waals surface area (Å²) in [6, 6.07) is 8.18. The number of ether oxygens (including phenoxy) is 2. The maximum atomic E-state index is 12.0. The third-order valence-corrected chi connectivity index (χ3v) is 15.5. The van der Waals surface area contributed by atoms with Crippen LogP contribution < -0.4 is 25.8 Å². The SMILES string of the molecule is CC#CC(=O)N1CCC(Sc2nc(Nc3ncc(C#N)s3)cc(N3CCN(C)CC3)n2)CC1.CC#CC(=O)OC(=O)OCC(C)C.CN1CCN(c2cc(Nc3ncc(C#N)s3)nc(SC3CCNCC3)n2)CC1. The molecule has 1 amide bonds. The number of amides is 1. The minimum Gasteiger partial charge on any atom is -0.434 e. The maximum Gasteiger partial charge on any atom is 0.516 e. The first-order valence-electron chi connectivity index (χ1n) is 24.3. The van der Waals surface area contributed by atoms with Crippen molar-refractivity contribution in [3.63, 3.8) is 0 Å². The fraction of sp³-hybridized carbons (Fsp3) is 0.531. The number of likely N-dealkylation sites (tertiary alicyclic amines) is 1. The minimum atomic E-state index is -0.999. The molecule has 4 aliphatic rings. The molecule has 3 N–H and O–H groups in total. The molecule has 0 bridgehead atoms. The number of piperazine rings is 2. The van der Waals surface area contributed by atoms with E-state index in [1.54, 1.807) is 42.8 Å². The zero-order valence-corrected chi connectivity index (χ0v) is 45.8. The molecule has 0 saturated carbocycles. The van der Waals surface area contributed by atoms with E-state index in [4.69, 9.17) is 30.5 Å². The van der Waals surface area contributed by atoms with Gasteiger partial charge in [-0.1, -0.05) is 71.9 Å². The standard InChI is InChI=1S/C22H26N8OS2.C18H24N8S2.C9H12O4/c1-3-4-20(31)30-7-5-16(6-8-30)32-22-26-18(25-21-24-15-17(14-23)33-21)13-19(27-22)29-11-9-28(2)10-12-29;1-25-6-8-26(9-7-25)16-10-15(22-17-21-12-14(11-19)28-17)23-18(24-16)27-13-2-4-20-5-3-13;1-4-5-8(10)13-9(11)12-6-7(2)3/h13,15-16H,5-12H2,1-2H3,(H,24,25,26,27);10,12-13,20H,2-9H2,1H3,(H,21,22,23,24);7H,6H2,1-3H3. The van der Waals surface area contributed by atoms with E-state index in [0.717, 1.165) is 114 Å². The minimum absolute atomic E-state index is 0.0964. The number of thioether (sulfide) groups is 2. The van der Waals surface area contributed by atoms with Gasteiger partial charge in [-0.15, -0.1) is 0 Å². The lowest BCUT2D eigenvalue weighted by Crippen LogP contribution is -2.44. The number of hydrogen-bond acceptors (Lipinski definition) is 24. The quantitative estimate of drug-likeness (QED) is 0.0492. The highest BCUT2D eigenvalue weighted by molar-refractivity contribution is 8.00. The highest BCUT2D eigenvalue weighted by Crippen LogP contribution is 2.33. The number of likely N-dealkylation sites (N-methyl/N-ethyl adjacent to an activating group) is 2. The Hall–Kier alpha value is -6.29. The first-order valence-corrected chi connectivity index (χ1v) is 27.7. The van der Waals surface area contributed by atoms with Gasteiger partial charge in [-0.2, -0.15) is 10.5 Å². The van der Waals surface area contributed by atoms with E-state index in [9.17, 15) is 14.4 Å². The van der Waals surface area contributed by atoms with Gasteiger partial charge in [0.15, 0.2) is 20.6 Å². The highest BCUT2D eigenvalue weighted by Gasteiger charge is 2.26. The van der Waals surface area contributed by atoms with Crippen molar-refractivity contribution in [3.8, 4) is 35.8 Å². The molecule has 25 heteroatoms. The number of esters is 1. The third-order valence-electron chi connectivity index (χ3n) is 11.5. The molecule has 4 aromatic heterocycles. The predicted molar refractivity (Wildman–Crippen MR) is 290 cm³/mol. The Morgan fingerprint density at radius 1 is 0.716 bits per heavy atom. The largest absolute Gasteiger partial charge is 0.516 e. The topological polar surface area (TPSA) is 247 Å². The van der Waals surface area contributed by atoms with Gasteiger partial charge in [-0.05, 0) is 78.6 Å². The second-order valence-electron chi connectivity index (χ2n) is 17.7. The van der Waals surface area contributed by atoms with Crippen LogP contribution in [-0.4, -0.2) is 172 Å². The van der Waals surface area contributed by atoms with Crippen molar-refractivity contribution >= 4 is 97.8 Å². The van der Waals surface area contributed by atoms with Crippen LogP contribution in [0.1, 0.15) is 63.1 Å². The molecule has 0 spiro atoms. The molecule has 4 aromatic rings. The van der Waals surface area contributed by atoms with E-state index < -0.39 is 12.1 Å². The van der Waals surface area contributed by atoms with E-state index in [-0.39, 0.29) is 18.4 Å². The first kappa shape index (κ1) is 57.0. The number of carbonyl (C=O) groups is 3. The van der Waals surface area contributed by atoms with Gasteiger partial charge in [0.05, 0.1) is 19.0 Å². The second-order valence-corrected chi connectivity index (χ2v) is 22.3. The lowest BCUT2D eigenvalue weighted by molar-refractivity contribution is -0.133. The zero-order chi connectivity index (χ0) is 52.8. The molecular weight excluding hydrogens is 1020 g/mol. The van der Waals surface area contributed by atoms with Crippen LogP contribution in [0.4, 0.5) is 38.3 Å². The van der Waals surface area contributed by atoms with Gasteiger partial charge in [-0.3, -0.25) is 4.79 Å². The lowest BCUT2D eigenvalue weighted by atomic mass is 10.1. The smallest absolute Gasteiger partial charge is 0.434 e. The van der Waals surface area contributed by atoms with Crippen molar-refractivity contribution in [1.29, 1.82) is 10.5 Å². The van der Waals surface area contributed by atoms with Crippen molar-refractivity contribution in [2.24, 2.45) is 5.92 Å². The first-order chi connectivity index (χ1) is 35.8. The fourth-order valence-electron chi connectivity index (χ4n) is 7.48. The van der Waals surface area contributed by atoms with Crippen molar-refractivity contribution in [2.75, 3.05) is 120 Å². The average Bonchev–Trinajstić information content (AvgIpc) is 4.06. The predicted octanol–water partition coefficient (Wildman–Crippen LogP) is 5.90. The summed E-state index contributed by atoms with van der Waals surface area (Å²) in [6.07, 6.45) is 6.17. The molecule has 0 aliphatic carbocycles. The number of nitrogens with one attached hydrogen (secondary N) is 3. The Balaban J connectivity index is 0.000000197. The van der Waals surface area contributed by atoms with E-state index in [2.05, 4.69) is 105 Å². The summed E-state index contributed by atoms with van der Waals surface area (Å²) in [5.41, 5.74) is 0. The molecule has 4 saturated heterocycles. The zero-order valence-electron chi connectivity index (χ0n) is 42.6. The summed E-state index contributed by atoms with van der Waals surface area (Å²) < 4.78 is 8.74. The molecular formula is C49H62N16O5S4. The molecule has 392 valence electrons. The van der Waals surface area contributed by atoms with Crippen LogP contribution in [0.25, 0.3) is 0 Å². The molecule has 21 nitrogen and oxygen atoms in total. The number of aromatic nitrogens is 6. The molecule has 4 aliphatic heterocycles. The fourth-order valence-corrected chi connectivity index (χ4v) is 10.8. The summed E-state index contributed by atoms with van der Waals surface area (Å²) >= 11 is 6.06. The third kappa shape index (κ3) is 18.9. The summed E-state index contributed by atoms with van der Waals surface area (Å²) in [7, 11) is 4.28. The van der Waals surface area contributed by atoms with Crippen LogP contribution in [0.3, 0.4) is 0 Å². The number of nitrogens with zero attached hydrogens (tertiary/aromatic N) is 13. The second kappa shape index (κ2) is 29.6. The number of rotatable bonds is 12. The summed E-state index contributed by atoms with van der Waals surface area (Å²) in [6.45, 7) is 18.4. The van der Waals surface area contributed by atoms with Gasteiger partial charge in [0.1, 0.15) is 45.2 Å². The van der Waals surface area contributed by atoms with Crippen molar-refractivity contribution in [3.05, 3.63) is 34.3 Å². The van der Waals surface area contributed by atoms with Crippen LogP contribution in [0, 0.1) is 52.3 Å². The van der Waals surface area contributed by atoms with Crippen molar-refractivity contribution in [1.82, 2.24) is 49.9 Å². The normalized spacial score (nSPS) is 16.3. The average molecular weight is 1080 g/mol. The van der Waals surface area contributed by atoms with Crippen molar-refractivity contribution < 1.29 is 23.9 Å². The summed E-state index contributed by atoms with van der Waals surface area (Å²) in [4.78, 5) is 73.3. The molecule has 0 atom stereocenters. The summed E-state index contributed by atoms with van der Waals surface area (Å²) in [5.74, 6) is 12.1. The Morgan fingerprint density at radius 2 is 1.19 bits per heavy atom. The molecule has 8 heterocycles. The number of piperidine rings is 2. The van der Waals surface area contributed by atoms with Gasteiger partial charge in [-0.25, -0.2) is 39.5 Å². The van der Waals surface area contributed by atoms with Crippen LogP contribution in [0.2, 0.25) is 0 Å². The highest BCUT2D eigenvalue weighted by atomic mass is 32.2. The molecule has 0 aromatic carbocycles. The van der Waals surface area contributed by atoms with E-state index in [0.29, 0.717) is 54.6 Å². The molecule has 0 radical (unpaired) electrons. The van der Waals surface area contributed by atoms with Gasteiger partial charge >= 0.3 is 12.1 Å². The van der Waals surface area contributed by atoms with Gasteiger partial charge < -0.3 is 49.9 Å². The van der Waals surface area contributed by atoms with Crippen LogP contribution in [0.15, 0.2) is 34.8 Å². The van der Waals surface area contributed by atoms with Crippen LogP contribution in [-0.2, 0) is 19.1 Å². The van der Waals surface area contributed by atoms with Crippen LogP contribution in [0.5, 0.6) is 0 Å². The van der Waals surface area contributed by atoms with E-state index in [1.165, 1.54) is 29.6 Å². The Bertz CT molecular complexity index is 2710. The molecule has 4 fully saturated rings. The number of anilines is 6. The van der Waals surface area contributed by atoms with Crippen molar-refractivity contribution in [2.45, 2.75) is 74.2 Å². The van der Waals surface area contributed by atoms with Gasteiger partial charge in [0.2, 0.25) is 0 Å². The van der Waals surface area contributed by atoms with Crippen LogP contribution >= 0.6 is 46.2 Å². The Kier molecular flexibility index (Phi) is 22.8. The molecule has 0 unspecified atom stereocenters. The Morgan fingerprint density at radius 3 is 1.62 bits per heavy atom. The number of nitriles is 2. The number of hydrogen-bond donors (Lipinski definition) is 3. The number of carbonyl (C=O) groups excluding carboxylic acids is 3. The monoisotopic (exact) mass is 1080 g/mol. The van der Waals surface area contributed by atoms with E-state index >= 15 is 0 Å². The molecule has 74 heavy (non-hydrogen) atoms. The summed E-state index contributed by atoms with van der Waals surface area (Å²) in [5, 5.41) is 31.7. The van der Waals surface area contributed by atoms with Gasteiger partial charge in [0.25, 0.3) is 5.91 Å². The molecule has 8 rings (SSSR count). The van der Waals surface area contributed by atoms with Gasteiger partial charge in [0, 0.05) is 94.0 Å². The lowest BCUT2D eigenvalue weighted by Gasteiger charge is -2.33. The number of thiazole rings is 2.